The molecule has 0 amide bonds. The number of ether oxygens (including phenoxy) is 1. The van der Waals surface area contributed by atoms with Crippen molar-refractivity contribution in [2.75, 3.05) is 6.61 Å². The summed E-state index contributed by atoms with van der Waals surface area (Å²) in [6.07, 6.45) is 2.37. The molecule has 0 aromatic heterocycles. The molecule has 0 saturated heterocycles. The van der Waals surface area contributed by atoms with Gasteiger partial charge in [-0.2, -0.15) is 0 Å². The summed E-state index contributed by atoms with van der Waals surface area (Å²) in [4.78, 5) is 0. The first-order valence-corrected chi connectivity index (χ1v) is 6.60. The lowest BCUT2D eigenvalue weighted by atomic mass is 10.1. The fraction of sp³-hybridized carbons (Fsp3) is 0.571. The number of hydrogen-bond acceptors (Lipinski definition) is 2. The monoisotopic (exact) mass is 255 g/mol. The third kappa shape index (κ3) is 4.57. The molecule has 2 nitrogen and oxygen atoms in total. The molecule has 17 heavy (non-hydrogen) atoms. The Labute approximate surface area is 109 Å². The Kier molecular flexibility index (Phi) is 5.79. The van der Waals surface area contributed by atoms with Crippen molar-refractivity contribution in [3.05, 3.63) is 28.8 Å². The smallest absolute Gasteiger partial charge is 0.124 e. The summed E-state index contributed by atoms with van der Waals surface area (Å²) >= 11 is 5.96. The summed E-state index contributed by atoms with van der Waals surface area (Å²) in [5.74, 6) is 1.42. The van der Waals surface area contributed by atoms with Crippen LogP contribution in [0.4, 0.5) is 0 Å². The fourth-order valence-electron chi connectivity index (χ4n) is 1.81. The van der Waals surface area contributed by atoms with Crippen LogP contribution in [0.25, 0.3) is 0 Å². The molecule has 0 heterocycles. The van der Waals surface area contributed by atoms with Crippen LogP contribution in [-0.2, 0) is 0 Å². The second kappa shape index (κ2) is 6.87. The standard InChI is InChI=1S/C14H22ClNO/c1-4-5-10(2)9-17-14-7-6-12(15)8-13(14)11(3)16/h6-8,10-11H,4-5,9,16H2,1-3H3. The average Bonchev–Trinajstić information content (AvgIpc) is 2.27. The third-order valence-corrected chi connectivity index (χ3v) is 3.00. The van der Waals surface area contributed by atoms with Gasteiger partial charge in [0.1, 0.15) is 5.75 Å². The van der Waals surface area contributed by atoms with Crippen molar-refractivity contribution in [3.8, 4) is 5.75 Å². The minimum atomic E-state index is -0.0646. The number of halogens is 1. The molecule has 1 aromatic rings. The molecule has 2 unspecified atom stereocenters. The van der Waals surface area contributed by atoms with Gasteiger partial charge in [-0.1, -0.05) is 31.9 Å². The zero-order valence-electron chi connectivity index (χ0n) is 10.9. The molecular formula is C14H22ClNO. The Morgan fingerprint density at radius 1 is 1.35 bits per heavy atom. The van der Waals surface area contributed by atoms with Crippen molar-refractivity contribution in [1.82, 2.24) is 0 Å². The quantitative estimate of drug-likeness (QED) is 0.828. The van der Waals surface area contributed by atoms with Gasteiger partial charge >= 0.3 is 0 Å². The summed E-state index contributed by atoms with van der Waals surface area (Å²) in [5.41, 5.74) is 6.88. The van der Waals surface area contributed by atoms with Crippen LogP contribution in [0.3, 0.4) is 0 Å². The second-order valence-electron chi connectivity index (χ2n) is 4.68. The summed E-state index contributed by atoms with van der Waals surface area (Å²) in [5, 5.41) is 0.700. The third-order valence-electron chi connectivity index (χ3n) is 2.77. The molecule has 3 heteroatoms. The lowest BCUT2D eigenvalue weighted by Gasteiger charge is -2.17. The molecule has 0 bridgehead atoms. The highest BCUT2D eigenvalue weighted by Gasteiger charge is 2.10. The molecule has 0 aliphatic rings. The average molecular weight is 256 g/mol. The molecule has 96 valence electrons. The molecule has 2 N–H and O–H groups in total. The van der Waals surface area contributed by atoms with Gasteiger partial charge in [0.25, 0.3) is 0 Å². The van der Waals surface area contributed by atoms with E-state index in [1.807, 2.05) is 25.1 Å². The maximum atomic E-state index is 5.96. The zero-order valence-corrected chi connectivity index (χ0v) is 11.6. The van der Waals surface area contributed by atoms with Gasteiger partial charge in [-0.05, 0) is 37.5 Å². The number of benzene rings is 1. The predicted molar refractivity (Wildman–Crippen MR) is 73.6 cm³/mol. The SMILES string of the molecule is CCCC(C)COc1ccc(Cl)cc1C(C)N. The van der Waals surface area contributed by atoms with E-state index in [4.69, 9.17) is 22.1 Å². The fourth-order valence-corrected chi connectivity index (χ4v) is 2.00. The van der Waals surface area contributed by atoms with Crippen molar-refractivity contribution < 1.29 is 4.74 Å². The van der Waals surface area contributed by atoms with E-state index in [9.17, 15) is 0 Å². The van der Waals surface area contributed by atoms with Crippen molar-refractivity contribution in [2.24, 2.45) is 11.7 Å². The number of nitrogens with two attached hydrogens (primary N) is 1. The van der Waals surface area contributed by atoms with E-state index in [1.165, 1.54) is 12.8 Å². The van der Waals surface area contributed by atoms with E-state index < -0.39 is 0 Å². The molecule has 1 rings (SSSR count). The molecule has 0 radical (unpaired) electrons. The van der Waals surface area contributed by atoms with Crippen LogP contribution in [0.5, 0.6) is 5.75 Å². The Balaban J connectivity index is 2.70. The first-order chi connectivity index (χ1) is 8.04. The van der Waals surface area contributed by atoms with Crippen LogP contribution in [-0.4, -0.2) is 6.61 Å². The van der Waals surface area contributed by atoms with Gasteiger partial charge in [-0.15, -0.1) is 0 Å². The molecule has 0 fully saturated rings. The van der Waals surface area contributed by atoms with E-state index in [2.05, 4.69) is 13.8 Å². The Morgan fingerprint density at radius 2 is 2.06 bits per heavy atom. The Hall–Kier alpha value is -0.730. The van der Waals surface area contributed by atoms with Crippen molar-refractivity contribution in [2.45, 2.75) is 39.7 Å². The van der Waals surface area contributed by atoms with Crippen LogP contribution in [0.1, 0.15) is 45.2 Å². The molecule has 0 spiro atoms. The first kappa shape index (κ1) is 14.3. The summed E-state index contributed by atoms with van der Waals surface area (Å²) in [7, 11) is 0. The highest BCUT2D eigenvalue weighted by atomic mass is 35.5. The lowest BCUT2D eigenvalue weighted by Crippen LogP contribution is -2.12. The lowest BCUT2D eigenvalue weighted by molar-refractivity contribution is 0.248. The first-order valence-electron chi connectivity index (χ1n) is 6.22. The zero-order chi connectivity index (χ0) is 12.8. The Morgan fingerprint density at radius 3 is 2.65 bits per heavy atom. The van der Waals surface area contributed by atoms with Crippen LogP contribution in [0, 0.1) is 5.92 Å². The number of hydrogen-bond donors (Lipinski definition) is 1. The molecule has 0 aliphatic heterocycles. The van der Waals surface area contributed by atoms with E-state index >= 15 is 0 Å². The van der Waals surface area contributed by atoms with Gasteiger partial charge < -0.3 is 10.5 Å². The summed E-state index contributed by atoms with van der Waals surface area (Å²) in [6, 6.07) is 5.56. The highest BCUT2D eigenvalue weighted by Crippen LogP contribution is 2.27. The van der Waals surface area contributed by atoms with Gasteiger partial charge in [0.2, 0.25) is 0 Å². The van der Waals surface area contributed by atoms with Crippen LogP contribution >= 0.6 is 11.6 Å². The maximum absolute atomic E-state index is 5.96. The minimum absolute atomic E-state index is 0.0646. The van der Waals surface area contributed by atoms with E-state index in [0.29, 0.717) is 10.9 Å². The van der Waals surface area contributed by atoms with Gasteiger partial charge in [0.15, 0.2) is 0 Å². The van der Waals surface area contributed by atoms with Gasteiger partial charge in [-0.25, -0.2) is 0 Å². The molecule has 0 saturated carbocycles. The highest BCUT2D eigenvalue weighted by molar-refractivity contribution is 6.30. The summed E-state index contributed by atoms with van der Waals surface area (Å²) < 4.78 is 5.83. The Bertz CT molecular complexity index is 352. The van der Waals surface area contributed by atoms with Crippen LogP contribution in [0.15, 0.2) is 18.2 Å². The maximum Gasteiger partial charge on any atom is 0.124 e. The largest absolute Gasteiger partial charge is 0.493 e. The van der Waals surface area contributed by atoms with Gasteiger partial charge in [0, 0.05) is 16.6 Å². The number of rotatable bonds is 6. The molecule has 2 atom stereocenters. The van der Waals surface area contributed by atoms with Crippen molar-refractivity contribution in [3.63, 3.8) is 0 Å². The van der Waals surface area contributed by atoms with Gasteiger partial charge in [-0.3, -0.25) is 0 Å². The molecule has 0 aliphatic carbocycles. The normalized spacial score (nSPS) is 14.4. The van der Waals surface area contributed by atoms with Crippen molar-refractivity contribution in [1.29, 1.82) is 0 Å². The topological polar surface area (TPSA) is 35.2 Å². The van der Waals surface area contributed by atoms with E-state index in [0.717, 1.165) is 17.9 Å². The summed E-state index contributed by atoms with van der Waals surface area (Å²) in [6.45, 7) is 7.06. The molecule has 1 aromatic carbocycles. The van der Waals surface area contributed by atoms with Crippen LogP contribution < -0.4 is 10.5 Å². The second-order valence-corrected chi connectivity index (χ2v) is 5.11. The van der Waals surface area contributed by atoms with Crippen LogP contribution in [0.2, 0.25) is 5.02 Å². The van der Waals surface area contributed by atoms with E-state index in [1.54, 1.807) is 0 Å². The van der Waals surface area contributed by atoms with E-state index in [-0.39, 0.29) is 6.04 Å². The van der Waals surface area contributed by atoms with Gasteiger partial charge in [0.05, 0.1) is 6.61 Å². The molecular weight excluding hydrogens is 234 g/mol. The predicted octanol–water partition coefficient (Wildman–Crippen LogP) is 4.17. The van der Waals surface area contributed by atoms with Crippen molar-refractivity contribution >= 4 is 11.6 Å². The minimum Gasteiger partial charge on any atom is -0.493 e.